The van der Waals surface area contributed by atoms with Crippen LogP contribution in [0.4, 0.5) is 0 Å². The van der Waals surface area contributed by atoms with Crippen LogP contribution in [0.2, 0.25) is 0 Å². The van der Waals surface area contributed by atoms with Gasteiger partial charge in [0.1, 0.15) is 0 Å². The Balaban J connectivity index is 2.28. The normalized spacial score (nSPS) is 20.9. The summed E-state index contributed by atoms with van der Waals surface area (Å²) in [5.41, 5.74) is 1.05. The Morgan fingerprint density at radius 1 is 1.35 bits per heavy atom. The number of hydrogen-bond donors (Lipinski definition) is 0. The summed E-state index contributed by atoms with van der Waals surface area (Å²) in [7, 11) is 1.46. The van der Waals surface area contributed by atoms with Crippen molar-refractivity contribution in [2.45, 2.75) is 25.2 Å². The Bertz CT molecular complexity index is 395. The molecule has 17 heavy (non-hydrogen) atoms. The number of benzene rings is 1. The molecule has 90 valence electrons. The van der Waals surface area contributed by atoms with Gasteiger partial charge in [-0.3, -0.25) is 4.79 Å². The summed E-state index contributed by atoms with van der Waals surface area (Å²) in [4.78, 5) is 12.0. The van der Waals surface area contributed by atoms with Gasteiger partial charge in [0.25, 0.3) is 0 Å². The monoisotopic (exact) mass is 230 g/mol. The molecule has 0 unspecified atom stereocenters. The zero-order valence-corrected chi connectivity index (χ0v) is 10.1. The molecular weight excluding hydrogens is 212 g/mol. The van der Waals surface area contributed by atoms with Gasteiger partial charge in [0, 0.05) is 0 Å². The van der Waals surface area contributed by atoms with E-state index in [0.29, 0.717) is 0 Å². The lowest BCUT2D eigenvalue weighted by atomic mass is 9.80. The summed E-state index contributed by atoms with van der Waals surface area (Å²) >= 11 is 0. The zero-order chi connectivity index (χ0) is 12.1. The van der Waals surface area contributed by atoms with Crippen LogP contribution in [0.1, 0.15) is 30.7 Å². The highest BCUT2D eigenvalue weighted by Crippen LogP contribution is 2.33. The second-order valence-corrected chi connectivity index (χ2v) is 4.43. The Morgan fingerprint density at radius 3 is 2.71 bits per heavy atom. The van der Waals surface area contributed by atoms with Crippen LogP contribution in [0.3, 0.4) is 0 Å². The largest absolute Gasteiger partial charge is 0.469 e. The Labute approximate surface area is 102 Å². The highest BCUT2D eigenvalue weighted by molar-refractivity contribution is 5.78. The number of allylic oxidation sites excluding steroid dienone is 2. The van der Waals surface area contributed by atoms with Crippen molar-refractivity contribution >= 4 is 5.97 Å². The van der Waals surface area contributed by atoms with Crippen molar-refractivity contribution in [1.29, 1.82) is 0 Å². The van der Waals surface area contributed by atoms with E-state index in [-0.39, 0.29) is 17.8 Å². The summed E-state index contributed by atoms with van der Waals surface area (Å²) in [5.74, 6) is -0.0101. The average molecular weight is 230 g/mol. The first kappa shape index (κ1) is 11.9. The van der Waals surface area contributed by atoms with Crippen LogP contribution in [0, 0.1) is 5.92 Å². The number of rotatable bonds is 3. The fourth-order valence-corrected chi connectivity index (χ4v) is 2.46. The molecule has 2 nitrogen and oxygen atoms in total. The predicted molar refractivity (Wildman–Crippen MR) is 67.7 cm³/mol. The van der Waals surface area contributed by atoms with Crippen molar-refractivity contribution in [3.63, 3.8) is 0 Å². The molecule has 0 saturated carbocycles. The first-order chi connectivity index (χ1) is 8.33. The van der Waals surface area contributed by atoms with Crippen molar-refractivity contribution in [3.05, 3.63) is 48.0 Å². The number of ether oxygens (including phenoxy) is 1. The van der Waals surface area contributed by atoms with Crippen LogP contribution < -0.4 is 0 Å². The van der Waals surface area contributed by atoms with Gasteiger partial charge in [0.15, 0.2) is 0 Å². The van der Waals surface area contributed by atoms with Gasteiger partial charge >= 0.3 is 5.97 Å². The molecule has 0 heterocycles. The minimum absolute atomic E-state index is 0.132. The molecule has 0 N–H and O–H groups in total. The number of carbonyl (C=O) groups is 1. The topological polar surface area (TPSA) is 26.3 Å². The van der Waals surface area contributed by atoms with E-state index in [0.717, 1.165) is 24.8 Å². The van der Waals surface area contributed by atoms with Crippen molar-refractivity contribution in [1.82, 2.24) is 0 Å². The molecular formula is C15H18O2. The third-order valence-electron chi connectivity index (χ3n) is 3.33. The maximum atomic E-state index is 12.0. The molecule has 1 aromatic carbocycles. The lowest BCUT2D eigenvalue weighted by molar-refractivity contribution is -0.143. The Kier molecular flexibility index (Phi) is 3.97. The van der Waals surface area contributed by atoms with Gasteiger partial charge < -0.3 is 4.74 Å². The summed E-state index contributed by atoms with van der Waals surface area (Å²) in [6.45, 7) is 0. The molecule has 0 aliphatic heterocycles. The molecule has 1 aliphatic rings. The molecule has 1 aliphatic carbocycles. The third-order valence-corrected chi connectivity index (χ3v) is 3.33. The zero-order valence-electron chi connectivity index (χ0n) is 10.1. The van der Waals surface area contributed by atoms with Crippen molar-refractivity contribution in [2.24, 2.45) is 5.92 Å². The third kappa shape index (κ3) is 2.76. The molecule has 1 aromatic rings. The number of methoxy groups -OCH3 is 1. The van der Waals surface area contributed by atoms with Gasteiger partial charge in [-0.25, -0.2) is 0 Å². The quantitative estimate of drug-likeness (QED) is 0.588. The van der Waals surface area contributed by atoms with Gasteiger partial charge in [0.2, 0.25) is 0 Å². The lowest BCUT2D eigenvalue weighted by Gasteiger charge is -2.25. The summed E-state index contributed by atoms with van der Waals surface area (Å²) in [6, 6.07) is 9.91. The first-order valence-corrected chi connectivity index (χ1v) is 6.12. The highest BCUT2D eigenvalue weighted by atomic mass is 16.5. The van der Waals surface area contributed by atoms with Crippen LogP contribution in [-0.2, 0) is 9.53 Å². The van der Waals surface area contributed by atoms with Crippen molar-refractivity contribution in [2.75, 3.05) is 7.11 Å². The molecule has 2 heteroatoms. The van der Waals surface area contributed by atoms with E-state index >= 15 is 0 Å². The molecule has 2 rings (SSSR count). The number of hydrogen-bond acceptors (Lipinski definition) is 2. The van der Waals surface area contributed by atoms with E-state index in [9.17, 15) is 4.79 Å². The molecule has 0 fully saturated rings. The predicted octanol–water partition coefficient (Wildman–Crippen LogP) is 3.30. The summed E-state index contributed by atoms with van der Waals surface area (Å²) in [6.07, 6.45) is 7.68. The van der Waals surface area contributed by atoms with E-state index in [1.807, 2.05) is 30.3 Å². The molecule has 0 aromatic heterocycles. The maximum absolute atomic E-state index is 12.0. The van der Waals surface area contributed by atoms with Crippen LogP contribution >= 0.6 is 0 Å². The maximum Gasteiger partial charge on any atom is 0.313 e. The van der Waals surface area contributed by atoms with Crippen LogP contribution in [-0.4, -0.2) is 13.1 Å². The average Bonchev–Trinajstić information content (AvgIpc) is 2.41. The van der Waals surface area contributed by atoms with E-state index < -0.39 is 0 Å². The first-order valence-electron chi connectivity index (χ1n) is 6.12. The molecule has 0 bridgehead atoms. The number of esters is 1. The smallest absolute Gasteiger partial charge is 0.313 e. The van der Waals surface area contributed by atoms with Gasteiger partial charge in [0.05, 0.1) is 13.0 Å². The summed E-state index contributed by atoms with van der Waals surface area (Å²) < 4.78 is 4.95. The van der Waals surface area contributed by atoms with Crippen LogP contribution in [0.25, 0.3) is 0 Å². The van der Waals surface area contributed by atoms with Crippen molar-refractivity contribution < 1.29 is 9.53 Å². The Hall–Kier alpha value is -1.57. The second-order valence-electron chi connectivity index (χ2n) is 4.43. The van der Waals surface area contributed by atoms with E-state index in [2.05, 4.69) is 12.2 Å². The van der Waals surface area contributed by atoms with Crippen LogP contribution in [0.15, 0.2) is 42.5 Å². The molecule has 0 radical (unpaired) electrons. The van der Waals surface area contributed by atoms with Gasteiger partial charge in [-0.15, -0.1) is 0 Å². The van der Waals surface area contributed by atoms with Gasteiger partial charge in [-0.05, 0) is 30.7 Å². The lowest BCUT2D eigenvalue weighted by Crippen LogP contribution is -2.23. The Morgan fingerprint density at radius 2 is 2.12 bits per heavy atom. The molecule has 2 atom stereocenters. The minimum Gasteiger partial charge on any atom is -0.469 e. The molecule has 0 saturated heterocycles. The van der Waals surface area contributed by atoms with Gasteiger partial charge in [-0.1, -0.05) is 42.5 Å². The number of carbonyl (C=O) groups excluding carboxylic acids is 1. The standard InChI is InChI=1S/C15H18O2/c1-17-15(16)14(12-8-4-2-5-9-12)13-10-6-3-7-11-13/h2,4-6,8-10,13-14H,3,7,11H2,1H3/t13-,14-/m0/s1. The summed E-state index contributed by atoms with van der Waals surface area (Å²) in [5, 5.41) is 0. The fraction of sp³-hybridized carbons (Fsp3) is 0.400. The van der Waals surface area contributed by atoms with E-state index in [1.54, 1.807) is 0 Å². The fourth-order valence-electron chi connectivity index (χ4n) is 2.46. The second kappa shape index (κ2) is 5.67. The van der Waals surface area contributed by atoms with Crippen molar-refractivity contribution in [3.8, 4) is 0 Å². The van der Waals surface area contributed by atoms with Crippen LogP contribution in [0.5, 0.6) is 0 Å². The molecule has 0 amide bonds. The van der Waals surface area contributed by atoms with E-state index in [1.165, 1.54) is 7.11 Å². The SMILES string of the molecule is COC(=O)[C@@H](c1ccccc1)[C@H]1C=CCCC1. The van der Waals surface area contributed by atoms with E-state index in [4.69, 9.17) is 4.74 Å². The minimum atomic E-state index is -0.155. The highest BCUT2D eigenvalue weighted by Gasteiger charge is 2.29. The van der Waals surface area contributed by atoms with Gasteiger partial charge in [-0.2, -0.15) is 0 Å². The molecule has 0 spiro atoms.